The third-order valence-electron chi connectivity index (χ3n) is 1.64. The molecule has 0 aliphatic carbocycles. The lowest BCUT2D eigenvalue weighted by Gasteiger charge is -2.30. The molecule has 0 radical (unpaired) electrons. The second-order valence-electron chi connectivity index (χ2n) is 4.26. The molecule has 16 heavy (non-hydrogen) atoms. The van der Waals surface area contributed by atoms with Gasteiger partial charge in [0.1, 0.15) is 0 Å². The topological polar surface area (TPSA) is 9.23 Å². The maximum absolute atomic E-state index is 14.2. The van der Waals surface area contributed by atoms with E-state index in [9.17, 15) is 13.2 Å². The maximum atomic E-state index is 14.2. The Labute approximate surface area is 106 Å². The van der Waals surface area contributed by atoms with Crippen molar-refractivity contribution in [3.05, 3.63) is 20.8 Å². The SMILES string of the molecule is C[Si](C)(C)OC(F)(c1ccc(Br)s1)C(F)F. The zero-order valence-electron chi connectivity index (χ0n) is 9.06. The van der Waals surface area contributed by atoms with Crippen LogP contribution in [0.4, 0.5) is 13.2 Å². The molecular formula is C9H12BrF3OSSi. The first-order valence-corrected chi connectivity index (χ1v) is 9.60. The first-order valence-electron chi connectivity index (χ1n) is 4.58. The molecule has 0 aliphatic rings. The molecule has 1 rings (SSSR count). The van der Waals surface area contributed by atoms with Gasteiger partial charge in [0.05, 0.1) is 8.66 Å². The summed E-state index contributed by atoms with van der Waals surface area (Å²) in [6, 6.07) is 2.85. The molecule has 0 saturated heterocycles. The predicted molar refractivity (Wildman–Crippen MR) is 65.2 cm³/mol. The fourth-order valence-corrected chi connectivity index (χ4v) is 3.72. The maximum Gasteiger partial charge on any atom is 0.300 e. The zero-order chi connectivity index (χ0) is 12.6. The number of halogens is 4. The monoisotopic (exact) mass is 332 g/mol. The smallest absolute Gasteiger partial charge is 0.300 e. The van der Waals surface area contributed by atoms with Gasteiger partial charge in [0.25, 0.3) is 5.85 Å². The van der Waals surface area contributed by atoms with Crippen LogP contribution in [0.3, 0.4) is 0 Å². The average Bonchev–Trinajstić information content (AvgIpc) is 2.48. The Bertz CT molecular complexity index is 366. The summed E-state index contributed by atoms with van der Waals surface area (Å²) in [6.45, 7) is 5.02. The highest BCUT2D eigenvalue weighted by Crippen LogP contribution is 2.41. The van der Waals surface area contributed by atoms with Gasteiger partial charge in [-0.2, -0.15) is 0 Å². The quantitative estimate of drug-likeness (QED) is 0.723. The van der Waals surface area contributed by atoms with E-state index < -0.39 is 20.6 Å². The van der Waals surface area contributed by atoms with Crippen LogP contribution in [0.5, 0.6) is 0 Å². The molecule has 0 aliphatic heterocycles. The minimum Gasteiger partial charge on any atom is -0.379 e. The van der Waals surface area contributed by atoms with Crippen LogP contribution in [-0.2, 0) is 10.3 Å². The minimum atomic E-state index is -3.19. The van der Waals surface area contributed by atoms with E-state index in [0.29, 0.717) is 3.79 Å². The average molecular weight is 333 g/mol. The highest BCUT2D eigenvalue weighted by molar-refractivity contribution is 9.11. The number of hydrogen-bond donors (Lipinski definition) is 0. The molecule has 1 nitrogen and oxygen atoms in total. The summed E-state index contributed by atoms with van der Waals surface area (Å²) in [5.74, 6) is -2.98. The first-order chi connectivity index (χ1) is 7.15. The van der Waals surface area contributed by atoms with Crippen LogP contribution in [-0.4, -0.2) is 14.7 Å². The standard InChI is InChI=1S/C9H12BrF3OSSi/c1-16(2,3)14-9(13,8(11)12)6-4-5-7(10)15-6/h4-5,8H,1-3H3. The summed E-state index contributed by atoms with van der Waals surface area (Å²) >= 11 is 4.04. The Morgan fingerprint density at radius 1 is 1.38 bits per heavy atom. The van der Waals surface area contributed by atoms with Crippen molar-refractivity contribution < 1.29 is 17.6 Å². The van der Waals surface area contributed by atoms with Crippen LogP contribution < -0.4 is 0 Å². The van der Waals surface area contributed by atoms with Gasteiger partial charge in [0.2, 0.25) is 0 Å². The lowest BCUT2D eigenvalue weighted by molar-refractivity contribution is -0.177. The van der Waals surface area contributed by atoms with Crippen molar-refractivity contribution in [3.63, 3.8) is 0 Å². The van der Waals surface area contributed by atoms with E-state index >= 15 is 0 Å². The third kappa shape index (κ3) is 3.32. The largest absolute Gasteiger partial charge is 0.379 e. The van der Waals surface area contributed by atoms with Gasteiger partial charge >= 0.3 is 6.43 Å². The van der Waals surface area contributed by atoms with Crippen molar-refractivity contribution in [2.45, 2.75) is 31.9 Å². The third-order valence-corrected chi connectivity index (χ3v) is 4.27. The second-order valence-corrected chi connectivity index (χ2v) is 11.2. The molecule has 1 heterocycles. The Morgan fingerprint density at radius 2 is 1.94 bits per heavy atom. The summed E-state index contributed by atoms with van der Waals surface area (Å²) in [6.07, 6.45) is -3.19. The molecule has 0 bridgehead atoms. The fourth-order valence-electron chi connectivity index (χ4n) is 1.15. The fraction of sp³-hybridized carbons (Fsp3) is 0.556. The summed E-state index contributed by atoms with van der Waals surface area (Å²) in [5, 5.41) is 0. The first kappa shape index (κ1) is 14.2. The lowest BCUT2D eigenvalue weighted by Crippen LogP contribution is -2.41. The molecular weight excluding hydrogens is 321 g/mol. The van der Waals surface area contributed by atoms with Crippen LogP contribution in [0.2, 0.25) is 19.6 Å². The van der Waals surface area contributed by atoms with Crippen molar-refractivity contribution in [1.82, 2.24) is 0 Å². The number of hydrogen-bond acceptors (Lipinski definition) is 2. The summed E-state index contributed by atoms with van der Waals surface area (Å²) in [7, 11) is -2.39. The predicted octanol–water partition coefficient (Wildman–Crippen LogP) is 4.75. The van der Waals surface area contributed by atoms with Gasteiger partial charge in [-0.15, -0.1) is 11.3 Å². The number of alkyl halides is 3. The molecule has 92 valence electrons. The molecule has 7 heteroatoms. The molecule has 1 aromatic rings. The van der Waals surface area contributed by atoms with Crippen LogP contribution >= 0.6 is 27.3 Å². The van der Waals surface area contributed by atoms with Crippen molar-refractivity contribution in [2.75, 3.05) is 0 Å². The number of rotatable bonds is 4. The normalized spacial score (nSPS) is 16.5. The van der Waals surface area contributed by atoms with E-state index in [1.54, 1.807) is 19.6 Å². The van der Waals surface area contributed by atoms with E-state index in [1.807, 2.05) is 0 Å². The van der Waals surface area contributed by atoms with Gasteiger partial charge in [0, 0.05) is 0 Å². The van der Waals surface area contributed by atoms with Gasteiger partial charge in [-0.1, -0.05) is 0 Å². The lowest BCUT2D eigenvalue weighted by atomic mass is 10.2. The van der Waals surface area contributed by atoms with E-state index in [4.69, 9.17) is 4.43 Å². The zero-order valence-corrected chi connectivity index (χ0v) is 12.5. The van der Waals surface area contributed by atoms with E-state index in [1.165, 1.54) is 12.1 Å². The Kier molecular flexibility index (Phi) is 4.26. The Hall–Kier alpha value is 0.147. The van der Waals surface area contributed by atoms with Crippen molar-refractivity contribution in [1.29, 1.82) is 0 Å². The Balaban J connectivity index is 3.07. The summed E-state index contributed by atoms with van der Waals surface area (Å²) in [5.41, 5.74) is 0. The molecule has 0 amide bonds. The molecule has 0 fully saturated rings. The molecule has 0 aromatic carbocycles. The summed E-state index contributed by atoms with van der Waals surface area (Å²) < 4.78 is 45.5. The van der Waals surface area contributed by atoms with Crippen molar-refractivity contribution >= 4 is 35.6 Å². The van der Waals surface area contributed by atoms with Crippen LogP contribution in [0.1, 0.15) is 4.88 Å². The van der Waals surface area contributed by atoms with E-state index in [2.05, 4.69) is 15.9 Å². The van der Waals surface area contributed by atoms with Gasteiger partial charge in [-0.25, -0.2) is 13.2 Å². The van der Waals surface area contributed by atoms with Gasteiger partial charge in [-0.3, -0.25) is 0 Å². The molecule has 1 atom stereocenters. The molecule has 0 spiro atoms. The number of thiophene rings is 1. The van der Waals surface area contributed by atoms with Crippen LogP contribution in [0.25, 0.3) is 0 Å². The second kappa shape index (κ2) is 4.79. The van der Waals surface area contributed by atoms with Crippen LogP contribution in [0, 0.1) is 0 Å². The van der Waals surface area contributed by atoms with Gasteiger partial charge < -0.3 is 4.43 Å². The molecule has 1 unspecified atom stereocenters. The van der Waals surface area contributed by atoms with Crippen molar-refractivity contribution in [2.24, 2.45) is 0 Å². The molecule has 0 saturated carbocycles. The minimum absolute atomic E-state index is 0.100. The molecule has 0 N–H and O–H groups in total. The Morgan fingerprint density at radius 3 is 2.25 bits per heavy atom. The molecule has 1 aromatic heterocycles. The summed E-state index contributed by atoms with van der Waals surface area (Å²) in [4.78, 5) is -0.100. The van der Waals surface area contributed by atoms with E-state index in [0.717, 1.165) is 11.3 Å². The van der Waals surface area contributed by atoms with Gasteiger partial charge in [0.15, 0.2) is 8.32 Å². The van der Waals surface area contributed by atoms with Crippen molar-refractivity contribution in [3.8, 4) is 0 Å². The highest BCUT2D eigenvalue weighted by Gasteiger charge is 2.47. The van der Waals surface area contributed by atoms with Crippen LogP contribution in [0.15, 0.2) is 15.9 Å². The van der Waals surface area contributed by atoms with E-state index in [-0.39, 0.29) is 4.88 Å². The van der Waals surface area contributed by atoms with Gasteiger partial charge in [-0.05, 0) is 47.7 Å². The highest BCUT2D eigenvalue weighted by atomic mass is 79.9.